The summed E-state index contributed by atoms with van der Waals surface area (Å²) in [5.41, 5.74) is 2.79. The molecule has 1 unspecified atom stereocenters. The first kappa shape index (κ1) is 14.7. The molecule has 1 atom stereocenters. The molecule has 6 nitrogen and oxygen atoms in total. The Bertz CT molecular complexity index is 434. The maximum Gasteiger partial charge on any atom is 0.274 e. The highest BCUT2D eigenvalue weighted by Crippen LogP contribution is 2.22. The zero-order chi connectivity index (χ0) is 14.4. The van der Waals surface area contributed by atoms with Crippen molar-refractivity contribution in [2.24, 2.45) is 11.8 Å². The number of hydrogen-bond donors (Lipinski definition) is 2. The maximum absolute atomic E-state index is 12.4. The Kier molecular flexibility index (Phi) is 5.29. The molecule has 0 saturated carbocycles. The van der Waals surface area contributed by atoms with Gasteiger partial charge < -0.3 is 10.3 Å². The molecule has 0 aromatic carbocycles. The fourth-order valence-corrected chi connectivity index (χ4v) is 2.74. The molecule has 2 heterocycles. The van der Waals surface area contributed by atoms with E-state index in [1.165, 1.54) is 31.7 Å². The monoisotopic (exact) mass is 277 g/mol. The number of nitrogens with zero attached hydrogens (tertiary/aromatic N) is 3. The number of hydrogen-bond acceptors (Lipinski definition) is 5. The number of aromatic nitrogens is 2. The zero-order valence-electron chi connectivity index (χ0n) is 12.0. The molecule has 1 aliphatic rings. The molecule has 1 saturated heterocycles. The van der Waals surface area contributed by atoms with Crippen LogP contribution in [0.4, 0.5) is 5.82 Å². The SMILES string of the molecule is CCCC1CCCN(C(=O)c2cnc(NN)cn2)CC1. The van der Waals surface area contributed by atoms with Gasteiger partial charge in [0.05, 0.1) is 12.4 Å². The highest BCUT2D eigenvalue weighted by molar-refractivity contribution is 5.92. The Morgan fingerprint density at radius 1 is 1.40 bits per heavy atom. The lowest BCUT2D eigenvalue weighted by Crippen LogP contribution is -2.32. The predicted octanol–water partition coefficient (Wildman–Crippen LogP) is 1.80. The molecule has 0 aliphatic carbocycles. The highest BCUT2D eigenvalue weighted by atomic mass is 16.2. The number of nitrogen functional groups attached to an aromatic ring is 1. The van der Waals surface area contributed by atoms with E-state index in [9.17, 15) is 4.79 Å². The number of amides is 1. The summed E-state index contributed by atoms with van der Waals surface area (Å²) in [6, 6.07) is 0. The first-order valence-corrected chi connectivity index (χ1v) is 7.32. The average Bonchev–Trinajstić information content (AvgIpc) is 2.73. The van der Waals surface area contributed by atoms with Crippen LogP contribution in [0, 0.1) is 5.92 Å². The van der Waals surface area contributed by atoms with Gasteiger partial charge in [0.1, 0.15) is 5.69 Å². The summed E-state index contributed by atoms with van der Waals surface area (Å²) in [6.45, 7) is 3.86. The van der Waals surface area contributed by atoms with Gasteiger partial charge in [-0.3, -0.25) is 4.79 Å². The molecule has 1 fully saturated rings. The maximum atomic E-state index is 12.4. The van der Waals surface area contributed by atoms with Crippen LogP contribution in [0.1, 0.15) is 49.5 Å². The standard InChI is InChI=1S/C14H23N5O/c1-2-4-11-5-3-7-19(8-6-11)14(20)12-9-17-13(18-15)10-16-12/h9-11H,2-8,15H2,1H3,(H,17,18). The van der Waals surface area contributed by atoms with E-state index in [-0.39, 0.29) is 5.91 Å². The summed E-state index contributed by atoms with van der Waals surface area (Å²) in [4.78, 5) is 22.4. The van der Waals surface area contributed by atoms with Crippen molar-refractivity contribution in [1.29, 1.82) is 0 Å². The lowest BCUT2D eigenvalue weighted by molar-refractivity contribution is 0.0753. The minimum atomic E-state index is -0.0294. The summed E-state index contributed by atoms with van der Waals surface area (Å²) in [5, 5.41) is 0. The summed E-state index contributed by atoms with van der Waals surface area (Å²) in [5.74, 6) is 6.42. The van der Waals surface area contributed by atoms with E-state index in [2.05, 4.69) is 22.3 Å². The van der Waals surface area contributed by atoms with E-state index >= 15 is 0 Å². The van der Waals surface area contributed by atoms with Gasteiger partial charge >= 0.3 is 0 Å². The molecule has 0 bridgehead atoms. The molecule has 1 aliphatic heterocycles. The molecule has 6 heteroatoms. The van der Waals surface area contributed by atoms with Crippen LogP contribution in [0.15, 0.2) is 12.4 Å². The number of carbonyl (C=O) groups excluding carboxylic acids is 1. The third-order valence-corrected chi connectivity index (χ3v) is 3.85. The first-order chi connectivity index (χ1) is 9.74. The third kappa shape index (κ3) is 3.66. The van der Waals surface area contributed by atoms with Gasteiger partial charge in [-0.15, -0.1) is 0 Å². The number of hydrazine groups is 1. The number of likely N-dealkylation sites (tertiary alicyclic amines) is 1. The molecule has 20 heavy (non-hydrogen) atoms. The third-order valence-electron chi connectivity index (χ3n) is 3.85. The highest BCUT2D eigenvalue weighted by Gasteiger charge is 2.22. The van der Waals surface area contributed by atoms with Crippen molar-refractivity contribution in [2.75, 3.05) is 18.5 Å². The molecule has 3 N–H and O–H groups in total. The van der Waals surface area contributed by atoms with E-state index in [4.69, 9.17) is 5.84 Å². The summed E-state index contributed by atoms with van der Waals surface area (Å²) < 4.78 is 0. The van der Waals surface area contributed by atoms with Crippen molar-refractivity contribution in [3.63, 3.8) is 0 Å². The van der Waals surface area contributed by atoms with Crippen molar-refractivity contribution in [3.8, 4) is 0 Å². The normalized spacial score (nSPS) is 19.5. The Labute approximate surface area is 119 Å². The van der Waals surface area contributed by atoms with Crippen molar-refractivity contribution >= 4 is 11.7 Å². The van der Waals surface area contributed by atoms with Gasteiger partial charge in [0.15, 0.2) is 5.82 Å². The fraction of sp³-hybridized carbons (Fsp3) is 0.643. The van der Waals surface area contributed by atoms with Crippen LogP contribution in [0.2, 0.25) is 0 Å². The smallest absolute Gasteiger partial charge is 0.274 e. The first-order valence-electron chi connectivity index (χ1n) is 7.32. The fourth-order valence-electron chi connectivity index (χ4n) is 2.74. The quantitative estimate of drug-likeness (QED) is 0.647. The number of nitrogens with one attached hydrogen (secondary N) is 1. The molecule has 1 aromatic heterocycles. The Balaban J connectivity index is 1.97. The summed E-state index contributed by atoms with van der Waals surface area (Å²) >= 11 is 0. The molecular formula is C14H23N5O. The minimum absolute atomic E-state index is 0.0294. The van der Waals surface area contributed by atoms with Gasteiger partial charge in [0, 0.05) is 13.1 Å². The molecule has 0 spiro atoms. The van der Waals surface area contributed by atoms with Gasteiger partial charge in [-0.2, -0.15) is 0 Å². The van der Waals surface area contributed by atoms with Crippen LogP contribution in [0.3, 0.4) is 0 Å². The van der Waals surface area contributed by atoms with Gasteiger partial charge in [-0.1, -0.05) is 19.8 Å². The largest absolute Gasteiger partial charge is 0.337 e. The number of anilines is 1. The van der Waals surface area contributed by atoms with Crippen LogP contribution in [0.25, 0.3) is 0 Å². The van der Waals surface area contributed by atoms with Crippen LogP contribution in [-0.4, -0.2) is 33.9 Å². The molecule has 2 rings (SSSR count). The summed E-state index contributed by atoms with van der Waals surface area (Å²) in [6.07, 6.45) is 8.83. The van der Waals surface area contributed by atoms with Gasteiger partial charge in [0.2, 0.25) is 0 Å². The van der Waals surface area contributed by atoms with Crippen molar-refractivity contribution in [3.05, 3.63) is 18.1 Å². The topological polar surface area (TPSA) is 84.1 Å². The van der Waals surface area contributed by atoms with Crippen LogP contribution in [-0.2, 0) is 0 Å². The van der Waals surface area contributed by atoms with Gasteiger partial charge in [-0.25, -0.2) is 15.8 Å². The van der Waals surface area contributed by atoms with Gasteiger partial charge in [-0.05, 0) is 25.2 Å². The number of nitrogens with two attached hydrogens (primary N) is 1. The number of rotatable bonds is 4. The van der Waals surface area contributed by atoms with Crippen LogP contribution >= 0.6 is 0 Å². The van der Waals surface area contributed by atoms with E-state index < -0.39 is 0 Å². The lowest BCUT2D eigenvalue weighted by Gasteiger charge is -2.20. The second-order valence-electron chi connectivity index (χ2n) is 5.31. The zero-order valence-corrected chi connectivity index (χ0v) is 12.0. The van der Waals surface area contributed by atoms with Crippen LogP contribution < -0.4 is 11.3 Å². The van der Waals surface area contributed by atoms with E-state index in [1.54, 1.807) is 0 Å². The van der Waals surface area contributed by atoms with Crippen molar-refractivity contribution < 1.29 is 4.79 Å². The molecule has 0 radical (unpaired) electrons. The predicted molar refractivity (Wildman–Crippen MR) is 78.0 cm³/mol. The molecule has 110 valence electrons. The average molecular weight is 277 g/mol. The molecular weight excluding hydrogens is 254 g/mol. The van der Waals surface area contributed by atoms with Crippen LogP contribution in [0.5, 0.6) is 0 Å². The van der Waals surface area contributed by atoms with Crippen molar-refractivity contribution in [1.82, 2.24) is 14.9 Å². The van der Waals surface area contributed by atoms with E-state index in [1.807, 2.05) is 4.90 Å². The van der Waals surface area contributed by atoms with Crippen molar-refractivity contribution in [2.45, 2.75) is 39.0 Å². The molecule has 1 amide bonds. The second-order valence-corrected chi connectivity index (χ2v) is 5.31. The molecule has 1 aromatic rings. The lowest BCUT2D eigenvalue weighted by atomic mass is 9.96. The second kappa shape index (κ2) is 7.19. The Morgan fingerprint density at radius 3 is 2.90 bits per heavy atom. The van der Waals surface area contributed by atoms with E-state index in [0.29, 0.717) is 11.5 Å². The summed E-state index contributed by atoms with van der Waals surface area (Å²) in [7, 11) is 0. The number of carbonyl (C=O) groups is 1. The minimum Gasteiger partial charge on any atom is -0.337 e. The Hall–Kier alpha value is -1.69. The Morgan fingerprint density at radius 2 is 2.25 bits per heavy atom. The van der Waals surface area contributed by atoms with Gasteiger partial charge in [0.25, 0.3) is 5.91 Å². The van der Waals surface area contributed by atoms with E-state index in [0.717, 1.165) is 31.8 Å².